The molecule has 0 aliphatic carbocycles. The van der Waals surface area contributed by atoms with Crippen LogP contribution in [0.25, 0.3) is 0 Å². The van der Waals surface area contributed by atoms with E-state index in [1.807, 2.05) is 6.07 Å². The first-order valence-electron chi connectivity index (χ1n) is 7.33. The third kappa shape index (κ3) is 6.82. The summed E-state index contributed by atoms with van der Waals surface area (Å²) in [6.45, 7) is 1.95. The summed E-state index contributed by atoms with van der Waals surface area (Å²) >= 11 is 0. The molecule has 0 aliphatic rings. The van der Waals surface area contributed by atoms with Gasteiger partial charge in [-0.2, -0.15) is 0 Å². The highest BCUT2D eigenvalue weighted by Crippen LogP contribution is 2.14. The number of nitrogens with two attached hydrogens (primary N) is 1. The summed E-state index contributed by atoms with van der Waals surface area (Å²) in [7, 11) is 1.54. The maximum Gasteiger partial charge on any atom is 0.306 e. The molecule has 0 bridgehead atoms. The van der Waals surface area contributed by atoms with Crippen molar-refractivity contribution in [3.05, 3.63) is 29.8 Å². The normalized spacial score (nSPS) is 11.4. The van der Waals surface area contributed by atoms with Gasteiger partial charge in [0.15, 0.2) is 0 Å². The number of esters is 1. The molecule has 1 aromatic carbocycles. The minimum Gasteiger partial charge on any atom is -0.497 e. The molecule has 7 heteroatoms. The first kappa shape index (κ1) is 18.5. The van der Waals surface area contributed by atoms with Crippen LogP contribution in [-0.2, 0) is 25.5 Å². The standard InChI is InChI=1S/C16H22N2O5/c1-3-23-15(20)8-7-14(19)18-13(16(17)21)10-11-5-4-6-12(9-11)22-2/h4-6,9,13H,3,7-8,10H2,1-2H3,(H2,17,21)(H,18,19)/t13-/m1/s1. The molecule has 2 amide bonds. The van der Waals surface area contributed by atoms with Crippen LogP contribution in [0.2, 0.25) is 0 Å². The number of carbonyl (C=O) groups excluding carboxylic acids is 3. The lowest BCUT2D eigenvalue weighted by Gasteiger charge is -2.16. The van der Waals surface area contributed by atoms with Crippen LogP contribution in [0, 0.1) is 0 Å². The molecule has 1 aromatic rings. The molecule has 0 saturated heterocycles. The van der Waals surface area contributed by atoms with Crippen molar-refractivity contribution < 1.29 is 23.9 Å². The van der Waals surface area contributed by atoms with Crippen LogP contribution in [0.3, 0.4) is 0 Å². The summed E-state index contributed by atoms with van der Waals surface area (Å²) in [6, 6.07) is 6.29. The van der Waals surface area contributed by atoms with Crippen LogP contribution in [0.4, 0.5) is 0 Å². The molecular formula is C16H22N2O5. The molecule has 7 nitrogen and oxygen atoms in total. The number of methoxy groups -OCH3 is 1. The molecule has 126 valence electrons. The third-order valence-electron chi connectivity index (χ3n) is 3.11. The molecule has 0 saturated carbocycles. The summed E-state index contributed by atoms with van der Waals surface area (Å²) < 4.78 is 9.85. The Labute approximate surface area is 135 Å². The summed E-state index contributed by atoms with van der Waals surface area (Å²) in [5, 5.41) is 2.54. The van der Waals surface area contributed by atoms with Crippen molar-refractivity contribution in [3.63, 3.8) is 0 Å². The van der Waals surface area contributed by atoms with Crippen molar-refractivity contribution in [1.29, 1.82) is 0 Å². The predicted octanol–water partition coefficient (Wildman–Crippen LogP) is 0.551. The fourth-order valence-corrected chi connectivity index (χ4v) is 1.97. The number of hydrogen-bond donors (Lipinski definition) is 2. The second-order valence-electron chi connectivity index (χ2n) is 4.88. The number of ether oxygens (including phenoxy) is 2. The van der Waals surface area contributed by atoms with Gasteiger partial charge in [0.2, 0.25) is 11.8 Å². The van der Waals surface area contributed by atoms with Crippen molar-refractivity contribution in [2.45, 2.75) is 32.2 Å². The van der Waals surface area contributed by atoms with E-state index >= 15 is 0 Å². The van der Waals surface area contributed by atoms with E-state index in [1.54, 1.807) is 32.2 Å². The Kier molecular flexibility index (Phi) is 7.59. The molecule has 0 heterocycles. The predicted molar refractivity (Wildman–Crippen MR) is 83.7 cm³/mol. The molecule has 1 rings (SSSR count). The number of carbonyl (C=O) groups is 3. The van der Waals surface area contributed by atoms with Crippen molar-refractivity contribution in [1.82, 2.24) is 5.32 Å². The van der Waals surface area contributed by atoms with Gasteiger partial charge in [-0.05, 0) is 24.6 Å². The van der Waals surface area contributed by atoms with E-state index < -0.39 is 23.8 Å². The van der Waals surface area contributed by atoms with Gasteiger partial charge >= 0.3 is 5.97 Å². The average Bonchev–Trinajstić information content (AvgIpc) is 2.52. The largest absolute Gasteiger partial charge is 0.497 e. The lowest BCUT2D eigenvalue weighted by Crippen LogP contribution is -2.45. The van der Waals surface area contributed by atoms with Gasteiger partial charge in [-0.1, -0.05) is 12.1 Å². The molecule has 0 radical (unpaired) electrons. The smallest absolute Gasteiger partial charge is 0.306 e. The van der Waals surface area contributed by atoms with Gasteiger partial charge in [0, 0.05) is 12.8 Å². The maximum atomic E-state index is 11.8. The number of nitrogens with one attached hydrogen (secondary N) is 1. The summed E-state index contributed by atoms with van der Waals surface area (Å²) in [5.74, 6) is -0.868. The molecule has 0 aliphatic heterocycles. The fourth-order valence-electron chi connectivity index (χ4n) is 1.97. The quantitative estimate of drug-likeness (QED) is 0.646. The highest BCUT2D eigenvalue weighted by Gasteiger charge is 2.19. The minimum atomic E-state index is -0.850. The fraction of sp³-hybridized carbons (Fsp3) is 0.438. The van der Waals surface area contributed by atoms with Crippen LogP contribution in [-0.4, -0.2) is 37.5 Å². The SMILES string of the molecule is CCOC(=O)CCC(=O)N[C@H](Cc1cccc(OC)c1)C(N)=O. The van der Waals surface area contributed by atoms with E-state index in [9.17, 15) is 14.4 Å². The Bertz CT molecular complexity index is 559. The van der Waals surface area contributed by atoms with E-state index in [0.29, 0.717) is 5.75 Å². The van der Waals surface area contributed by atoms with E-state index in [4.69, 9.17) is 15.2 Å². The number of hydrogen-bond acceptors (Lipinski definition) is 5. The Hall–Kier alpha value is -2.57. The number of rotatable bonds is 9. The van der Waals surface area contributed by atoms with Crippen LogP contribution in [0.1, 0.15) is 25.3 Å². The number of amides is 2. The van der Waals surface area contributed by atoms with Crippen LogP contribution >= 0.6 is 0 Å². The topological polar surface area (TPSA) is 108 Å². The summed E-state index contributed by atoms with van der Waals surface area (Å²) in [4.78, 5) is 34.6. The maximum absolute atomic E-state index is 11.8. The Morgan fingerprint density at radius 1 is 1.26 bits per heavy atom. The van der Waals surface area contributed by atoms with Crippen molar-refractivity contribution in [3.8, 4) is 5.75 Å². The van der Waals surface area contributed by atoms with Crippen LogP contribution in [0.5, 0.6) is 5.75 Å². The molecule has 3 N–H and O–H groups in total. The van der Waals surface area contributed by atoms with E-state index in [-0.39, 0.29) is 25.9 Å². The Balaban J connectivity index is 2.59. The molecule has 1 atom stereocenters. The second-order valence-corrected chi connectivity index (χ2v) is 4.88. The van der Waals surface area contributed by atoms with Crippen molar-refractivity contribution in [2.24, 2.45) is 5.73 Å². The first-order valence-corrected chi connectivity index (χ1v) is 7.33. The van der Waals surface area contributed by atoms with E-state index in [0.717, 1.165) is 5.56 Å². The molecule has 0 fully saturated rings. The van der Waals surface area contributed by atoms with Gasteiger partial charge in [-0.3, -0.25) is 14.4 Å². The molecular weight excluding hydrogens is 300 g/mol. The zero-order valence-electron chi connectivity index (χ0n) is 13.3. The average molecular weight is 322 g/mol. The van der Waals surface area contributed by atoms with Gasteiger partial charge in [0.25, 0.3) is 0 Å². The van der Waals surface area contributed by atoms with Gasteiger partial charge in [-0.25, -0.2) is 0 Å². The van der Waals surface area contributed by atoms with Gasteiger partial charge in [0.05, 0.1) is 20.1 Å². The van der Waals surface area contributed by atoms with Crippen LogP contribution in [0.15, 0.2) is 24.3 Å². The number of benzene rings is 1. The number of primary amides is 1. The van der Waals surface area contributed by atoms with Gasteiger partial charge in [-0.15, -0.1) is 0 Å². The van der Waals surface area contributed by atoms with E-state index in [2.05, 4.69) is 5.32 Å². The summed E-state index contributed by atoms with van der Waals surface area (Å²) in [6.07, 6.45) is 0.155. The van der Waals surface area contributed by atoms with Crippen LogP contribution < -0.4 is 15.8 Å². The Morgan fingerprint density at radius 2 is 2.00 bits per heavy atom. The van der Waals surface area contributed by atoms with Crippen molar-refractivity contribution in [2.75, 3.05) is 13.7 Å². The second kappa shape index (κ2) is 9.45. The molecule has 0 aromatic heterocycles. The molecule has 0 spiro atoms. The van der Waals surface area contributed by atoms with Crippen molar-refractivity contribution >= 4 is 17.8 Å². The lowest BCUT2D eigenvalue weighted by atomic mass is 10.0. The monoisotopic (exact) mass is 322 g/mol. The Morgan fingerprint density at radius 3 is 2.61 bits per heavy atom. The van der Waals surface area contributed by atoms with Gasteiger partial charge < -0.3 is 20.5 Å². The zero-order chi connectivity index (χ0) is 17.2. The molecule has 0 unspecified atom stereocenters. The first-order chi connectivity index (χ1) is 11.0. The summed E-state index contributed by atoms with van der Waals surface area (Å²) in [5.41, 5.74) is 6.14. The van der Waals surface area contributed by atoms with E-state index in [1.165, 1.54) is 0 Å². The van der Waals surface area contributed by atoms with Gasteiger partial charge in [0.1, 0.15) is 11.8 Å². The highest BCUT2D eigenvalue weighted by atomic mass is 16.5. The third-order valence-corrected chi connectivity index (χ3v) is 3.11. The zero-order valence-corrected chi connectivity index (χ0v) is 13.3. The lowest BCUT2D eigenvalue weighted by molar-refractivity contribution is -0.144. The highest BCUT2D eigenvalue weighted by molar-refractivity contribution is 5.88. The minimum absolute atomic E-state index is 0.0374. The molecule has 23 heavy (non-hydrogen) atoms.